The molecule has 5 rings (SSSR count). The van der Waals surface area contributed by atoms with Crippen LogP contribution in [0.2, 0.25) is 40.2 Å². The maximum absolute atomic E-state index is 13.8. The minimum Gasteiger partial charge on any atom is -0.342 e. The van der Waals surface area contributed by atoms with E-state index in [1.165, 1.54) is 18.2 Å². The molecule has 4 atom stereocenters. The molecule has 0 saturated heterocycles. The molecule has 0 bridgehead atoms. The van der Waals surface area contributed by atoms with Gasteiger partial charge in [-0.1, -0.05) is 153 Å². The maximum atomic E-state index is 13.8. The first-order valence-electron chi connectivity index (χ1n) is 22.1. The first-order chi connectivity index (χ1) is 33.8. The van der Waals surface area contributed by atoms with Gasteiger partial charge in [-0.3, -0.25) is 58.8 Å². The van der Waals surface area contributed by atoms with Crippen LogP contribution in [0, 0.1) is 11.8 Å². The molecular formula is C45H45Cl8N9O10. The highest BCUT2D eigenvalue weighted by molar-refractivity contribution is 6.56. The van der Waals surface area contributed by atoms with Crippen LogP contribution in [0.4, 0.5) is 0 Å². The second-order valence-corrected chi connectivity index (χ2v) is 20.3. The summed E-state index contributed by atoms with van der Waals surface area (Å²) in [7, 11) is 0. The number of benzene rings is 2. The Morgan fingerprint density at radius 1 is 0.458 bits per heavy atom. The Kier molecular flexibility index (Phi) is 19.6. The van der Waals surface area contributed by atoms with Crippen molar-refractivity contribution in [1.82, 2.24) is 47.1 Å². The zero-order chi connectivity index (χ0) is 53.8. The lowest BCUT2D eigenvalue weighted by atomic mass is 10.0. The van der Waals surface area contributed by atoms with Crippen molar-refractivity contribution in [2.45, 2.75) is 104 Å². The van der Waals surface area contributed by atoms with Crippen LogP contribution >= 0.6 is 92.8 Å². The standard InChI is InChI=1S/C45H45Cl8N9O10/c1-7-10-18(40(67)59-61-42(69)24-25(43(61)70)29(47)33(51)32(50)28(24)46)55-38(65)22(14-16(3)4)57-36(63)20-12-9-13-21(54-20)37(64)58-23(15-17(5)6)39(66)56-19(11-8-2)41(68)60-62-44(71)26-27(45(62)72)31(49)35(53)34(52)30(26)48/h9,12-13,16-19,22-23H,7-8,10-11,14-15H2,1-6H3,(H,55,65)(H,56,66)(H,57,63)(H,58,64)(H,59,67)(H,60,68)/t18?,19?,22-,23+. The van der Waals surface area contributed by atoms with Gasteiger partial charge in [-0.25, -0.2) is 4.98 Å². The zero-order valence-electron chi connectivity index (χ0n) is 38.9. The zero-order valence-corrected chi connectivity index (χ0v) is 44.9. The number of nitrogens with one attached hydrogen (secondary N) is 6. The summed E-state index contributed by atoms with van der Waals surface area (Å²) in [5, 5.41) is 8.55. The maximum Gasteiger partial charge on any atom is 0.282 e. The number of carbonyl (C=O) groups excluding carboxylic acids is 10. The van der Waals surface area contributed by atoms with Gasteiger partial charge in [0, 0.05) is 0 Å². The fourth-order valence-corrected chi connectivity index (χ4v) is 9.52. The molecule has 2 aromatic carbocycles. The van der Waals surface area contributed by atoms with Crippen molar-refractivity contribution >= 4 is 152 Å². The Labute approximate surface area is 452 Å². The van der Waals surface area contributed by atoms with Crippen molar-refractivity contribution in [2.75, 3.05) is 0 Å². The number of nitrogens with zero attached hydrogens (tertiary/aromatic N) is 3. The molecule has 10 amide bonds. The molecule has 19 nitrogen and oxygen atoms in total. The lowest BCUT2D eigenvalue weighted by molar-refractivity contribution is -0.132. The van der Waals surface area contributed by atoms with E-state index in [2.05, 4.69) is 37.1 Å². The van der Waals surface area contributed by atoms with E-state index < -0.39 is 83.2 Å². The van der Waals surface area contributed by atoms with Gasteiger partial charge in [0.25, 0.3) is 47.3 Å². The molecule has 0 saturated carbocycles. The first kappa shape index (κ1) is 57.9. The highest BCUT2D eigenvalue weighted by Gasteiger charge is 2.45. The average molecular weight is 1160 g/mol. The quantitative estimate of drug-likeness (QED) is 0.0361. The van der Waals surface area contributed by atoms with Gasteiger partial charge in [0.15, 0.2) is 0 Å². The van der Waals surface area contributed by atoms with E-state index in [0.29, 0.717) is 22.9 Å². The molecule has 3 aromatic rings. The Hall–Kier alpha value is -4.99. The number of imide groups is 2. The fraction of sp³-hybridized carbons (Fsp3) is 0.400. The number of fused-ring (bicyclic) bond motifs is 2. The van der Waals surface area contributed by atoms with Crippen LogP contribution in [0.1, 0.15) is 142 Å². The third kappa shape index (κ3) is 12.3. The van der Waals surface area contributed by atoms with Crippen molar-refractivity contribution in [3.63, 3.8) is 0 Å². The summed E-state index contributed by atoms with van der Waals surface area (Å²) < 4.78 is 0. The van der Waals surface area contributed by atoms with Gasteiger partial charge in [-0.2, -0.15) is 10.0 Å². The van der Waals surface area contributed by atoms with E-state index in [0.717, 1.165) is 0 Å². The molecule has 6 N–H and O–H groups in total. The third-order valence-corrected chi connectivity index (χ3v) is 14.5. The number of carbonyl (C=O) groups is 10. The molecule has 2 aliphatic rings. The van der Waals surface area contributed by atoms with E-state index in [4.69, 9.17) is 92.8 Å². The second-order valence-electron chi connectivity index (χ2n) is 17.3. The monoisotopic (exact) mass is 1150 g/mol. The molecule has 3 heterocycles. The highest BCUT2D eigenvalue weighted by atomic mass is 35.5. The molecule has 1 aromatic heterocycles. The lowest BCUT2D eigenvalue weighted by Gasteiger charge is -2.25. The summed E-state index contributed by atoms with van der Waals surface area (Å²) in [5.74, 6) is -9.93. The summed E-state index contributed by atoms with van der Waals surface area (Å²) in [6, 6.07) is -1.32. The van der Waals surface area contributed by atoms with Crippen LogP contribution in [-0.4, -0.2) is 98.2 Å². The van der Waals surface area contributed by atoms with Crippen LogP contribution in [0.15, 0.2) is 18.2 Å². The van der Waals surface area contributed by atoms with E-state index >= 15 is 0 Å². The smallest absolute Gasteiger partial charge is 0.282 e. The molecule has 0 spiro atoms. The van der Waals surface area contributed by atoms with Gasteiger partial charge in [0.2, 0.25) is 11.8 Å². The van der Waals surface area contributed by atoms with Gasteiger partial charge < -0.3 is 21.3 Å². The molecule has 386 valence electrons. The van der Waals surface area contributed by atoms with Crippen LogP contribution < -0.4 is 32.1 Å². The number of aromatic nitrogens is 1. The molecule has 27 heteroatoms. The molecule has 0 aliphatic carbocycles. The molecule has 0 radical (unpaired) electrons. The average Bonchev–Trinajstić information content (AvgIpc) is 3.72. The molecule has 2 aliphatic heterocycles. The minimum absolute atomic E-state index is 0.0245. The summed E-state index contributed by atoms with van der Waals surface area (Å²) in [5.41, 5.74) is 2.28. The number of halogens is 8. The number of hydrogen-bond acceptors (Lipinski definition) is 11. The summed E-state index contributed by atoms with van der Waals surface area (Å²) in [6.45, 7) is 10.5. The predicted octanol–water partition coefficient (Wildman–Crippen LogP) is 7.82. The number of hydrazine groups is 2. The van der Waals surface area contributed by atoms with Gasteiger partial charge in [-0.05, 0) is 49.7 Å². The topological polar surface area (TPSA) is 262 Å². The van der Waals surface area contributed by atoms with Crippen LogP contribution in [0.5, 0.6) is 0 Å². The van der Waals surface area contributed by atoms with Gasteiger partial charge in [-0.15, -0.1) is 0 Å². The fourth-order valence-electron chi connectivity index (χ4n) is 7.50. The molecular weight excluding hydrogens is 1110 g/mol. The number of pyridine rings is 1. The lowest BCUT2D eigenvalue weighted by Crippen LogP contribution is -2.57. The van der Waals surface area contributed by atoms with Crippen molar-refractivity contribution in [2.24, 2.45) is 11.8 Å². The van der Waals surface area contributed by atoms with Crippen molar-refractivity contribution in [1.29, 1.82) is 0 Å². The van der Waals surface area contributed by atoms with Gasteiger partial charge in [0.05, 0.1) is 62.4 Å². The van der Waals surface area contributed by atoms with Gasteiger partial charge >= 0.3 is 0 Å². The van der Waals surface area contributed by atoms with E-state index in [1.54, 1.807) is 41.5 Å². The largest absolute Gasteiger partial charge is 0.342 e. The predicted molar refractivity (Wildman–Crippen MR) is 270 cm³/mol. The van der Waals surface area contributed by atoms with Crippen molar-refractivity contribution < 1.29 is 47.9 Å². The Morgan fingerprint density at radius 2 is 0.750 bits per heavy atom. The van der Waals surface area contributed by atoms with Crippen LogP contribution in [-0.2, 0) is 19.2 Å². The summed E-state index contributed by atoms with van der Waals surface area (Å²) >= 11 is 49.3. The third-order valence-electron chi connectivity index (χ3n) is 10.9. The number of amides is 10. The summed E-state index contributed by atoms with van der Waals surface area (Å²) in [6.07, 6.45) is 0.851. The van der Waals surface area contributed by atoms with E-state index in [9.17, 15) is 47.9 Å². The molecule has 0 fully saturated rings. The molecule has 2 unspecified atom stereocenters. The SMILES string of the molecule is CCCC(NC(=O)[C@H](CC(C)C)NC(=O)c1cccc(C(=O)N[C@H](CC(C)C)C(=O)NC(CCC)C(=O)NN2C(=O)c3c(Cl)c(Cl)c(Cl)c(Cl)c3C2=O)n1)C(=O)NN1C(=O)c2c(Cl)c(Cl)c(Cl)c(Cl)c2C1=O. The number of hydrogen-bond donors (Lipinski definition) is 6. The minimum atomic E-state index is -1.33. The Balaban J connectivity index is 1.26. The Bertz CT molecular complexity index is 2520. The first-order valence-corrected chi connectivity index (χ1v) is 25.1. The normalized spacial score (nSPS) is 14.7. The summed E-state index contributed by atoms with van der Waals surface area (Å²) in [4.78, 5) is 140. The van der Waals surface area contributed by atoms with Crippen molar-refractivity contribution in [3.05, 3.63) is 92.0 Å². The molecule has 72 heavy (non-hydrogen) atoms. The van der Waals surface area contributed by atoms with E-state index in [1.807, 2.05) is 0 Å². The number of rotatable bonds is 20. The second kappa shape index (κ2) is 24.4. The van der Waals surface area contributed by atoms with Crippen LogP contribution in [0.3, 0.4) is 0 Å². The Morgan fingerprint density at radius 3 is 1.01 bits per heavy atom. The van der Waals surface area contributed by atoms with Crippen molar-refractivity contribution in [3.8, 4) is 0 Å². The van der Waals surface area contributed by atoms with Gasteiger partial charge in [0.1, 0.15) is 35.6 Å². The van der Waals surface area contributed by atoms with Crippen LogP contribution in [0.25, 0.3) is 0 Å². The highest BCUT2D eigenvalue weighted by Crippen LogP contribution is 2.46. The van der Waals surface area contributed by atoms with E-state index in [-0.39, 0.29) is 111 Å².